The van der Waals surface area contributed by atoms with Crippen molar-refractivity contribution in [2.45, 2.75) is 58.3 Å². The standard InChI is InChI=1S/C12H25NO2/c1-10(2)14-7-4-6-13-12-5-8-15-11(3)9-12/h10-13H,4-9H2,1-3H3. The molecule has 3 nitrogen and oxygen atoms in total. The van der Waals surface area contributed by atoms with Gasteiger partial charge in [-0.25, -0.2) is 0 Å². The molecule has 1 aliphatic heterocycles. The Morgan fingerprint density at radius 1 is 1.47 bits per heavy atom. The van der Waals surface area contributed by atoms with Gasteiger partial charge in [0.1, 0.15) is 0 Å². The van der Waals surface area contributed by atoms with E-state index in [1.807, 2.05) is 0 Å². The molecule has 0 bridgehead atoms. The molecule has 1 heterocycles. The molecular weight excluding hydrogens is 190 g/mol. The normalized spacial score (nSPS) is 27.2. The minimum absolute atomic E-state index is 0.355. The molecule has 0 saturated carbocycles. The Morgan fingerprint density at radius 3 is 2.93 bits per heavy atom. The fourth-order valence-electron chi connectivity index (χ4n) is 1.88. The SMILES string of the molecule is CC(C)OCCCNC1CCOC(C)C1. The maximum atomic E-state index is 5.50. The van der Waals surface area contributed by atoms with Gasteiger partial charge in [0.15, 0.2) is 0 Å². The largest absolute Gasteiger partial charge is 0.379 e. The third kappa shape index (κ3) is 6.13. The molecule has 1 rings (SSSR count). The van der Waals surface area contributed by atoms with Crippen LogP contribution in [0.3, 0.4) is 0 Å². The number of hydrogen-bond acceptors (Lipinski definition) is 3. The zero-order valence-electron chi connectivity index (χ0n) is 10.3. The summed E-state index contributed by atoms with van der Waals surface area (Å²) in [7, 11) is 0. The van der Waals surface area contributed by atoms with Crippen molar-refractivity contribution in [3.05, 3.63) is 0 Å². The minimum atomic E-state index is 0.355. The third-order valence-electron chi connectivity index (χ3n) is 2.69. The molecular formula is C12H25NO2. The maximum Gasteiger partial charge on any atom is 0.0561 e. The number of ether oxygens (including phenoxy) is 2. The van der Waals surface area contributed by atoms with Crippen molar-refractivity contribution in [3.63, 3.8) is 0 Å². The Bertz CT molecular complexity index is 162. The summed E-state index contributed by atoms with van der Waals surface area (Å²) in [5.41, 5.74) is 0. The van der Waals surface area contributed by atoms with Crippen LogP contribution in [0.4, 0.5) is 0 Å². The molecule has 0 aromatic heterocycles. The van der Waals surface area contributed by atoms with Crippen LogP contribution >= 0.6 is 0 Å². The zero-order chi connectivity index (χ0) is 11.1. The van der Waals surface area contributed by atoms with E-state index in [0.29, 0.717) is 18.2 Å². The molecule has 0 aromatic carbocycles. The van der Waals surface area contributed by atoms with Crippen molar-refractivity contribution in [1.82, 2.24) is 5.32 Å². The van der Waals surface area contributed by atoms with Gasteiger partial charge in [-0.2, -0.15) is 0 Å². The van der Waals surface area contributed by atoms with Crippen LogP contribution in [0.15, 0.2) is 0 Å². The summed E-state index contributed by atoms with van der Waals surface area (Å²) in [6, 6.07) is 0.646. The van der Waals surface area contributed by atoms with Crippen LogP contribution in [0.25, 0.3) is 0 Å². The Kier molecular flexibility index (Phi) is 6.22. The quantitative estimate of drug-likeness (QED) is 0.687. The highest BCUT2D eigenvalue weighted by Gasteiger charge is 2.17. The van der Waals surface area contributed by atoms with Gasteiger partial charge < -0.3 is 14.8 Å². The number of rotatable bonds is 6. The van der Waals surface area contributed by atoms with Gasteiger partial charge >= 0.3 is 0 Å². The summed E-state index contributed by atoms with van der Waals surface area (Å²) in [6.45, 7) is 9.13. The average molecular weight is 215 g/mol. The van der Waals surface area contributed by atoms with Crippen LogP contribution < -0.4 is 5.32 Å². The fraction of sp³-hybridized carbons (Fsp3) is 1.00. The van der Waals surface area contributed by atoms with Gasteiger partial charge in [0.05, 0.1) is 12.2 Å². The van der Waals surface area contributed by atoms with E-state index < -0.39 is 0 Å². The summed E-state index contributed by atoms with van der Waals surface area (Å²) in [6.07, 6.45) is 4.17. The molecule has 2 atom stereocenters. The van der Waals surface area contributed by atoms with Crippen molar-refractivity contribution < 1.29 is 9.47 Å². The smallest absolute Gasteiger partial charge is 0.0561 e. The summed E-state index contributed by atoms with van der Waals surface area (Å²) < 4.78 is 11.0. The van der Waals surface area contributed by atoms with Gasteiger partial charge in [0.25, 0.3) is 0 Å². The van der Waals surface area contributed by atoms with Gasteiger partial charge in [0.2, 0.25) is 0 Å². The van der Waals surface area contributed by atoms with Gasteiger partial charge in [-0.15, -0.1) is 0 Å². The lowest BCUT2D eigenvalue weighted by molar-refractivity contribution is 0.0126. The van der Waals surface area contributed by atoms with Crippen LogP contribution in [-0.4, -0.2) is 38.0 Å². The molecule has 1 fully saturated rings. The molecule has 15 heavy (non-hydrogen) atoms. The summed E-state index contributed by atoms with van der Waals surface area (Å²) in [4.78, 5) is 0. The van der Waals surface area contributed by atoms with Gasteiger partial charge in [-0.3, -0.25) is 0 Å². The number of hydrogen-bond donors (Lipinski definition) is 1. The minimum Gasteiger partial charge on any atom is -0.379 e. The van der Waals surface area contributed by atoms with Crippen LogP contribution in [0.1, 0.15) is 40.0 Å². The van der Waals surface area contributed by atoms with Gasteiger partial charge in [0, 0.05) is 19.3 Å². The molecule has 1 saturated heterocycles. The van der Waals surface area contributed by atoms with Crippen molar-refractivity contribution in [1.29, 1.82) is 0 Å². The molecule has 0 spiro atoms. The van der Waals surface area contributed by atoms with Crippen molar-refractivity contribution in [2.75, 3.05) is 19.8 Å². The molecule has 0 amide bonds. The van der Waals surface area contributed by atoms with E-state index in [0.717, 1.165) is 39.0 Å². The Hall–Kier alpha value is -0.120. The highest BCUT2D eigenvalue weighted by Crippen LogP contribution is 2.12. The lowest BCUT2D eigenvalue weighted by atomic mass is 10.0. The molecule has 0 aromatic rings. The van der Waals surface area contributed by atoms with Crippen molar-refractivity contribution >= 4 is 0 Å². The zero-order valence-corrected chi connectivity index (χ0v) is 10.3. The van der Waals surface area contributed by atoms with Gasteiger partial charge in [-0.05, 0) is 46.6 Å². The van der Waals surface area contributed by atoms with E-state index in [1.54, 1.807) is 0 Å². The molecule has 1 N–H and O–H groups in total. The van der Waals surface area contributed by atoms with Crippen LogP contribution in [0.5, 0.6) is 0 Å². The lowest BCUT2D eigenvalue weighted by Gasteiger charge is -2.28. The van der Waals surface area contributed by atoms with E-state index in [1.165, 1.54) is 0 Å². The molecule has 90 valence electrons. The Labute approximate surface area is 93.5 Å². The predicted octanol–water partition coefficient (Wildman–Crippen LogP) is 1.96. The first-order chi connectivity index (χ1) is 7.18. The topological polar surface area (TPSA) is 30.5 Å². The van der Waals surface area contributed by atoms with Crippen LogP contribution in [0.2, 0.25) is 0 Å². The fourth-order valence-corrected chi connectivity index (χ4v) is 1.88. The van der Waals surface area contributed by atoms with E-state index >= 15 is 0 Å². The molecule has 0 radical (unpaired) electrons. The second kappa shape index (κ2) is 7.20. The Balaban J connectivity index is 1.95. The average Bonchev–Trinajstić information content (AvgIpc) is 2.17. The van der Waals surface area contributed by atoms with Crippen molar-refractivity contribution in [2.24, 2.45) is 0 Å². The molecule has 1 aliphatic rings. The highest BCUT2D eigenvalue weighted by atomic mass is 16.5. The predicted molar refractivity (Wildman–Crippen MR) is 62.1 cm³/mol. The first kappa shape index (κ1) is 12.9. The van der Waals surface area contributed by atoms with Crippen LogP contribution in [-0.2, 0) is 9.47 Å². The first-order valence-corrected chi connectivity index (χ1v) is 6.15. The monoisotopic (exact) mass is 215 g/mol. The lowest BCUT2D eigenvalue weighted by Crippen LogP contribution is -2.38. The summed E-state index contributed by atoms with van der Waals surface area (Å²) in [5.74, 6) is 0. The van der Waals surface area contributed by atoms with Crippen LogP contribution in [0, 0.1) is 0 Å². The second-order valence-corrected chi connectivity index (χ2v) is 4.63. The third-order valence-corrected chi connectivity index (χ3v) is 2.69. The molecule has 3 heteroatoms. The summed E-state index contributed by atoms with van der Waals surface area (Å²) in [5, 5.41) is 3.57. The van der Waals surface area contributed by atoms with E-state index in [-0.39, 0.29) is 0 Å². The van der Waals surface area contributed by atoms with E-state index in [9.17, 15) is 0 Å². The van der Waals surface area contributed by atoms with E-state index in [4.69, 9.17) is 9.47 Å². The second-order valence-electron chi connectivity index (χ2n) is 4.63. The van der Waals surface area contributed by atoms with Gasteiger partial charge in [-0.1, -0.05) is 0 Å². The highest BCUT2D eigenvalue weighted by molar-refractivity contribution is 4.74. The molecule has 2 unspecified atom stereocenters. The first-order valence-electron chi connectivity index (χ1n) is 6.15. The van der Waals surface area contributed by atoms with E-state index in [2.05, 4.69) is 26.1 Å². The molecule has 0 aliphatic carbocycles. The maximum absolute atomic E-state index is 5.50. The summed E-state index contributed by atoms with van der Waals surface area (Å²) >= 11 is 0. The Morgan fingerprint density at radius 2 is 2.27 bits per heavy atom. The van der Waals surface area contributed by atoms with Crippen molar-refractivity contribution in [3.8, 4) is 0 Å². The number of nitrogens with one attached hydrogen (secondary N) is 1.